The summed E-state index contributed by atoms with van der Waals surface area (Å²) in [6, 6.07) is 0. The Bertz CT molecular complexity index is 262. The van der Waals surface area contributed by atoms with E-state index < -0.39 is 4.92 Å². The zero-order valence-electron chi connectivity index (χ0n) is 6.99. The molecule has 0 atom stereocenters. The number of hydrogen-bond acceptors (Lipinski definition) is 2. The summed E-state index contributed by atoms with van der Waals surface area (Å²) in [6.45, 7) is 8.65. The van der Waals surface area contributed by atoms with E-state index in [4.69, 9.17) is 0 Å². The van der Waals surface area contributed by atoms with Gasteiger partial charge in [-0.05, 0) is 6.92 Å². The number of nitro groups is 1. The van der Waals surface area contributed by atoms with Gasteiger partial charge >= 0.3 is 0 Å². The molecular weight excluding hydrogens is 154 g/mol. The van der Waals surface area contributed by atoms with Crippen LogP contribution in [0.15, 0.2) is 48.7 Å². The molecule has 0 saturated heterocycles. The summed E-state index contributed by atoms with van der Waals surface area (Å²) in [6.07, 6.45) is 5.83. The molecule has 3 nitrogen and oxygen atoms in total. The average molecular weight is 165 g/mol. The lowest BCUT2D eigenvalue weighted by atomic mass is 10.2. The van der Waals surface area contributed by atoms with Gasteiger partial charge in [0.1, 0.15) is 0 Å². The first-order valence-electron chi connectivity index (χ1n) is 3.39. The Hall–Kier alpha value is -1.64. The first kappa shape index (κ1) is 10.4. The maximum absolute atomic E-state index is 10.2. The Kier molecular flexibility index (Phi) is 4.38. The topological polar surface area (TPSA) is 43.1 Å². The molecule has 0 unspecified atom stereocenters. The predicted molar refractivity (Wildman–Crippen MR) is 49.2 cm³/mol. The summed E-state index contributed by atoms with van der Waals surface area (Å²) in [4.78, 5) is 9.76. The van der Waals surface area contributed by atoms with Gasteiger partial charge in [0, 0.05) is 12.2 Å². The predicted octanol–water partition coefficient (Wildman–Crippen LogP) is 2.47. The van der Waals surface area contributed by atoms with Crippen molar-refractivity contribution in [2.45, 2.75) is 6.92 Å². The maximum Gasteiger partial charge on any atom is 0.268 e. The molecular formula is C9H11NO2. The van der Waals surface area contributed by atoms with E-state index in [1.54, 1.807) is 12.2 Å². The molecule has 3 heteroatoms. The molecule has 0 aromatic heterocycles. The zero-order chi connectivity index (χ0) is 9.56. The Balaban J connectivity index is 4.62. The van der Waals surface area contributed by atoms with E-state index in [0.717, 1.165) is 5.57 Å². The Morgan fingerprint density at radius 2 is 1.92 bits per heavy atom. The summed E-state index contributed by atoms with van der Waals surface area (Å²) in [5.74, 6) is 0. The SMILES string of the molecule is C=C/C(C)=C\C=C(/C=C)[N+](=O)[O-]. The van der Waals surface area contributed by atoms with Crippen molar-refractivity contribution in [3.63, 3.8) is 0 Å². The maximum atomic E-state index is 10.2. The molecule has 0 radical (unpaired) electrons. The van der Waals surface area contributed by atoms with Crippen LogP contribution in [0.5, 0.6) is 0 Å². The van der Waals surface area contributed by atoms with Gasteiger partial charge < -0.3 is 0 Å². The second kappa shape index (κ2) is 5.07. The van der Waals surface area contributed by atoms with Crippen LogP contribution in [0.2, 0.25) is 0 Å². The second-order valence-corrected chi connectivity index (χ2v) is 2.17. The third-order valence-electron chi connectivity index (χ3n) is 1.26. The van der Waals surface area contributed by atoms with E-state index in [9.17, 15) is 10.1 Å². The molecule has 0 aliphatic rings. The minimum atomic E-state index is -0.486. The number of allylic oxidation sites excluding steroid dienone is 5. The molecule has 0 bridgehead atoms. The number of rotatable bonds is 4. The van der Waals surface area contributed by atoms with Gasteiger partial charge in [0.15, 0.2) is 0 Å². The van der Waals surface area contributed by atoms with Crippen LogP contribution in [0.1, 0.15) is 6.92 Å². The summed E-state index contributed by atoms with van der Waals surface area (Å²) in [5, 5.41) is 10.2. The summed E-state index contributed by atoms with van der Waals surface area (Å²) in [5.41, 5.74) is 0.854. The number of hydrogen-bond donors (Lipinski definition) is 0. The fourth-order valence-corrected chi connectivity index (χ4v) is 0.488. The Morgan fingerprint density at radius 3 is 2.25 bits per heavy atom. The minimum absolute atomic E-state index is 0.0174. The van der Waals surface area contributed by atoms with Crippen molar-refractivity contribution >= 4 is 0 Å². The van der Waals surface area contributed by atoms with Crippen LogP contribution in [0, 0.1) is 10.1 Å². The van der Waals surface area contributed by atoms with Gasteiger partial charge in [0.2, 0.25) is 0 Å². The lowest BCUT2D eigenvalue weighted by Crippen LogP contribution is -1.93. The first-order chi connectivity index (χ1) is 5.61. The van der Waals surface area contributed by atoms with E-state index in [1.807, 2.05) is 6.92 Å². The molecule has 0 aliphatic heterocycles. The zero-order valence-corrected chi connectivity index (χ0v) is 6.99. The Labute approximate surface area is 71.6 Å². The monoisotopic (exact) mass is 165 g/mol. The van der Waals surface area contributed by atoms with E-state index in [0.29, 0.717) is 0 Å². The smallest absolute Gasteiger partial charge is 0.258 e. The van der Waals surface area contributed by atoms with Crippen molar-refractivity contribution < 1.29 is 4.92 Å². The molecule has 0 aliphatic carbocycles. The van der Waals surface area contributed by atoms with Gasteiger partial charge in [-0.3, -0.25) is 10.1 Å². The van der Waals surface area contributed by atoms with Gasteiger partial charge in [-0.15, -0.1) is 0 Å². The molecule has 0 fully saturated rings. The van der Waals surface area contributed by atoms with Crippen LogP contribution in [0.3, 0.4) is 0 Å². The lowest BCUT2D eigenvalue weighted by molar-refractivity contribution is -0.418. The molecule has 0 amide bonds. The van der Waals surface area contributed by atoms with Crippen LogP contribution in [-0.2, 0) is 0 Å². The van der Waals surface area contributed by atoms with E-state index in [1.165, 1.54) is 12.2 Å². The molecule has 12 heavy (non-hydrogen) atoms. The van der Waals surface area contributed by atoms with Gasteiger partial charge in [0.05, 0.1) is 4.92 Å². The lowest BCUT2D eigenvalue weighted by Gasteiger charge is -1.88. The molecule has 0 N–H and O–H groups in total. The van der Waals surface area contributed by atoms with Crippen LogP contribution < -0.4 is 0 Å². The van der Waals surface area contributed by atoms with Crippen molar-refractivity contribution in [3.8, 4) is 0 Å². The van der Waals surface area contributed by atoms with Gasteiger partial charge in [-0.25, -0.2) is 0 Å². The van der Waals surface area contributed by atoms with Gasteiger partial charge in [0.25, 0.3) is 5.70 Å². The van der Waals surface area contributed by atoms with Crippen molar-refractivity contribution in [1.82, 2.24) is 0 Å². The van der Waals surface area contributed by atoms with Crippen LogP contribution >= 0.6 is 0 Å². The minimum Gasteiger partial charge on any atom is -0.258 e. The van der Waals surface area contributed by atoms with Crippen molar-refractivity contribution in [3.05, 3.63) is 58.8 Å². The summed E-state index contributed by atoms with van der Waals surface area (Å²) in [7, 11) is 0. The average Bonchev–Trinajstić information content (AvgIpc) is 2.04. The Morgan fingerprint density at radius 1 is 1.33 bits per heavy atom. The third kappa shape index (κ3) is 3.51. The normalized spacial score (nSPS) is 12.4. The highest BCUT2D eigenvalue weighted by atomic mass is 16.6. The standard InChI is InChI=1S/C9H11NO2/c1-4-8(3)6-7-9(5-2)10(11)12/h4-7H,1-2H2,3H3/b8-6-,9-7+. The quantitative estimate of drug-likeness (QED) is 0.365. The van der Waals surface area contributed by atoms with Crippen LogP contribution in [-0.4, -0.2) is 4.92 Å². The highest BCUT2D eigenvalue weighted by Gasteiger charge is 2.00. The largest absolute Gasteiger partial charge is 0.268 e. The van der Waals surface area contributed by atoms with Crippen LogP contribution in [0.4, 0.5) is 0 Å². The molecule has 0 aromatic rings. The molecule has 0 spiro atoms. The molecule has 0 saturated carbocycles. The third-order valence-corrected chi connectivity index (χ3v) is 1.26. The van der Waals surface area contributed by atoms with E-state index in [2.05, 4.69) is 13.2 Å². The molecule has 0 aromatic carbocycles. The summed E-state index contributed by atoms with van der Waals surface area (Å²) >= 11 is 0. The second-order valence-electron chi connectivity index (χ2n) is 2.17. The fraction of sp³-hybridized carbons (Fsp3) is 0.111. The highest BCUT2D eigenvalue weighted by Crippen LogP contribution is 2.00. The molecule has 0 heterocycles. The molecule has 64 valence electrons. The van der Waals surface area contributed by atoms with Crippen LogP contribution in [0.25, 0.3) is 0 Å². The van der Waals surface area contributed by atoms with E-state index >= 15 is 0 Å². The van der Waals surface area contributed by atoms with Crippen molar-refractivity contribution in [1.29, 1.82) is 0 Å². The molecule has 0 rings (SSSR count). The number of nitrogens with zero attached hydrogens (tertiary/aromatic N) is 1. The van der Waals surface area contributed by atoms with Gasteiger partial charge in [-0.1, -0.05) is 30.9 Å². The summed E-state index contributed by atoms with van der Waals surface area (Å²) < 4.78 is 0. The van der Waals surface area contributed by atoms with Gasteiger partial charge in [-0.2, -0.15) is 0 Å². The van der Waals surface area contributed by atoms with E-state index in [-0.39, 0.29) is 5.70 Å². The fourth-order valence-electron chi connectivity index (χ4n) is 0.488. The van der Waals surface area contributed by atoms with Crippen molar-refractivity contribution in [2.75, 3.05) is 0 Å². The first-order valence-corrected chi connectivity index (χ1v) is 3.39. The van der Waals surface area contributed by atoms with Crippen molar-refractivity contribution in [2.24, 2.45) is 0 Å². The highest BCUT2D eigenvalue weighted by molar-refractivity contribution is 5.23.